The number of hydrogen-bond donors (Lipinski definition) is 3. The molecule has 20 heavy (non-hydrogen) atoms. The van der Waals surface area contributed by atoms with Gasteiger partial charge in [0.1, 0.15) is 5.71 Å². The molecule has 1 unspecified atom stereocenters. The number of para-hydroxylation sites is 1. The first kappa shape index (κ1) is 12.9. The van der Waals surface area contributed by atoms with E-state index in [2.05, 4.69) is 15.4 Å². The number of fused-ring (bicyclic) bond motifs is 1. The molecule has 6 nitrogen and oxygen atoms in total. The highest BCUT2D eigenvalue weighted by Gasteiger charge is 2.32. The molecule has 1 fully saturated rings. The lowest BCUT2D eigenvalue weighted by atomic mass is 9.92. The average Bonchev–Trinajstić information content (AvgIpc) is 2.38. The number of rotatable bonds is 2. The van der Waals surface area contributed by atoms with E-state index < -0.39 is 0 Å². The fourth-order valence-corrected chi connectivity index (χ4v) is 2.50. The second kappa shape index (κ2) is 4.79. The lowest BCUT2D eigenvalue weighted by Gasteiger charge is -2.36. The van der Waals surface area contributed by atoms with Crippen molar-refractivity contribution in [1.82, 2.24) is 5.43 Å². The Bertz CT molecular complexity index is 579. The van der Waals surface area contributed by atoms with Crippen LogP contribution >= 0.6 is 0 Å². The van der Waals surface area contributed by atoms with Gasteiger partial charge in [-0.2, -0.15) is 5.10 Å². The van der Waals surface area contributed by atoms with E-state index in [1.807, 2.05) is 32.2 Å². The third-order valence-electron chi connectivity index (χ3n) is 3.93. The number of hydrogen-bond acceptors (Lipinski definition) is 6. The number of nitrogens with zero attached hydrogens (tertiary/aromatic N) is 2. The molecule has 1 saturated heterocycles. The highest BCUT2D eigenvalue weighted by molar-refractivity contribution is 6.51. The molecule has 1 atom stereocenters. The summed E-state index contributed by atoms with van der Waals surface area (Å²) in [5.41, 5.74) is 12.7. The van der Waals surface area contributed by atoms with Gasteiger partial charge in [-0.1, -0.05) is 12.1 Å². The predicted molar refractivity (Wildman–Crippen MR) is 80.7 cm³/mol. The van der Waals surface area contributed by atoms with Crippen molar-refractivity contribution < 1.29 is 4.74 Å². The highest BCUT2D eigenvalue weighted by atomic mass is 16.5. The number of benzene rings is 1. The molecular weight excluding hydrogens is 254 g/mol. The van der Waals surface area contributed by atoms with Crippen LogP contribution in [0.1, 0.15) is 12.5 Å². The zero-order valence-electron chi connectivity index (χ0n) is 11.7. The summed E-state index contributed by atoms with van der Waals surface area (Å²) in [6, 6.07) is 5.92. The number of ether oxygens (including phenoxy) is 1. The first-order valence-corrected chi connectivity index (χ1v) is 6.71. The van der Waals surface area contributed by atoms with Crippen LogP contribution in [0.5, 0.6) is 0 Å². The monoisotopic (exact) mass is 273 g/mol. The fourth-order valence-electron chi connectivity index (χ4n) is 2.50. The first-order chi connectivity index (χ1) is 9.59. The minimum Gasteiger partial charge on any atom is -0.397 e. The maximum Gasteiger partial charge on any atom is 0.108 e. The Morgan fingerprint density at radius 3 is 2.85 bits per heavy atom. The molecule has 0 aliphatic carbocycles. The molecule has 0 aromatic heterocycles. The molecule has 0 radical (unpaired) electrons. The first-order valence-electron chi connectivity index (χ1n) is 6.71. The van der Waals surface area contributed by atoms with Crippen LogP contribution in [0.3, 0.4) is 0 Å². The van der Waals surface area contributed by atoms with Crippen molar-refractivity contribution in [1.29, 1.82) is 5.41 Å². The average molecular weight is 273 g/mol. The maximum atomic E-state index is 8.38. The fraction of sp³-hybridized carbons (Fsp3) is 0.429. The van der Waals surface area contributed by atoms with Crippen molar-refractivity contribution in [3.63, 3.8) is 0 Å². The molecule has 1 aromatic carbocycles. The van der Waals surface area contributed by atoms with Gasteiger partial charge in [0.05, 0.1) is 42.4 Å². The Kier molecular flexibility index (Phi) is 3.10. The summed E-state index contributed by atoms with van der Waals surface area (Å²) >= 11 is 0. The van der Waals surface area contributed by atoms with Crippen molar-refractivity contribution in [3.05, 3.63) is 23.8 Å². The Hall–Kier alpha value is -2.08. The molecule has 6 heteroatoms. The van der Waals surface area contributed by atoms with E-state index in [1.165, 1.54) is 0 Å². The van der Waals surface area contributed by atoms with Crippen LogP contribution in [0.25, 0.3) is 0 Å². The number of nitrogens with one attached hydrogen (secondary N) is 2. The molecule has 106 valence electrons. The summed E-state index contributed by atoms with van der Waals surface area (Å²) in [5.74, 6) is 0. The molecule has 0 amide bonds. The van der Waals surface area contributed by atoms with Crippen LogP contribution in [-0.2, 0) is 4.74 Å². The van der Waals surface area contributed by atoms with E-state index in [9.17, 15) is 0 Å². The van der Waals surface area contributed by atoms with Crippen LogP contribution in [-0.4, -0.2) is 43.8 Å². The van der Waals surface area contributed by atoms with Crippen LogP contribution in [0.2, 0.25) is 0 Å². The van der Waals surface area contributed by atoms with Gasteiger partial charge in [-0.05, 0) is 13.0 Å². The minimum atomic E-state index is 0.00759. The largest absolute Gasteiger partial charge is 0.397 e. The summed E-state index contributed by atoms with van der Waals surface area (Å²) in [5, 5.41) is 12.8. The summed E-state index contributed by atoms with van der Waals surface area (Å²) in [7, 11) is 1.98. The number of anilines is 2. The number of nitrogens with two attached hydrogens (primary N) is 1. The molecule has 3 rings (SSSR count). The smallest absolute Gasteiger partial charge is 0.108 e. The van der Waals surface area contributed by atoms with Crippen LogP contribution in [0, 0.1) is 5.41 Å². The zero-order chi connectivity index (χ0) is 14.3. The van der Waals surface area contributed by atoms with E-state index in [0.717, 1.165) is 17.0 Å². The number of hydrazone groups is 1. The van der Waals surface area contributed by atoms with Gasteiger partial charge in [0.2, 0.25) is 0 Å². The van der Waals surface area contributed by atoms with Gasteiger partial charge in [0, 0.05) is 12.6 Å². The molecule has 0 saturated carbocycles. The molecule has 2 aliphatic rings. The van der Waals surface area contributed by atoms with Gasteiger partial charge in [0.25, 0.3) is 0 Å². The van der Waals surface area contributed by atoms with Crippen LogP contribution < -0.4 is 16.1 Å². The van der Waals surface area contributed by atoms with E-state index >= 15 is 0 Å². The molecule has 1 aromatic rings. The Labute approximate surface area is 118 Å². The molecule has 0 bridgehead atoms. The maximum absolute atomic E-state index is 8.38. The van der Waals surface area contributed by atoms with Gasteiger partial charge >= 0.3 is 0 Å². The Balaban J connectivity index is 1.96. The summed E-state index contributed by atoms with van der Waals surface area (Å²) in [6.45, 7) is 3.39. The normalized spacial score (nSPS) is 24.5. The van der Waals surface area contributed by atoms with Crippen molar-refractivity contribution in [2.24, 2.45) is 5.10 Å². The highest BCUT2D eigenvalue weighted by Crippen LogP contribution is 2.33. The predicted octanol–water partition coefficient (Wildman–Crippen LogP) is 0.819. The van der Waals surface area contributed by atoms with Gasteiger partial charge in [-0.15, -0.1) is 0 Å². The second-order valence-corrected chi connectivity index (χ2v) is 5.27. The quantitative estimate of drug-likeness (QED) is 0.550. The van der Waals surface area contributed by atoms with E-state index in [1.54, 1.807) is 0 Å². The third-order valence-corrected chi connectivity index (χ3v) is 3.93. The van der Waals surface area contributed by atoms with Crippen LogP contribution in [0.15, 0.2) is 23.3 Å². The zero-order valence-corrected chi connectivity index (χ0v) is 11.7. The summed E-state index contributed by atoms with van der Waals surface area (Å²) < 4.78 is 5.11. The van der Waals surface area contributed by atoms with E-state index in [-0.39, 0.29) is 12.1 Å². The number of nitrogen functional groups attached to an aromatic ring is 1. The van der Waals surface area contributed by atoms with Gasteiger partial charge in [0.15, 0.2) is 0 Å². The molecular formula is C14H19N5O. The molecule has 4 N–H and O–H groups in total. The van der Waals surface area contributed by atoms with E-state index in [0.29, 0.717) is 24.6 Å². The van der Waals surface area contributed by atoms with Crippen LogP contribution in [0.4, 0.5) is 11.4 Å². The molecule has 2 heterocycles. The lowest BCUT2D eigenvalue weighted by molar-refractivity contribution is -0.00452. The molecule has 0 spiro atoms. The Morgan fingerprint density at radius 1 is 1.45 bits per heavy atom. The van der Waals surface area contributed by atoms with Gasteiger partial charge in [-0.25, -0.2) is 0 Å². The van der Waals surface area contributed by atoms with Crippen molar-refractivity contribution >= 4 is 22.8 Å². The minimum absolute atomic E-state index is 0.00759. The second-order valence-electron chi connectivity index (χ2n) is 5.27. The standard InChI is InChI=1S/C14H19N5O/c1-8-13(18-17-9-6-20-7-9)12(16)10-4-3-5-11(15)14(10)19(8)2/h3-5,8-9,16-17H,6-7,15H2,1-2H3/b16-12?,18-13-. The van der Waals surface area contributed by atoms with Gasteiger partial charge in [-0.3, -0.25) is 5.41 Å². The summed E-state index contributed by atoms with van der Waals surface area (Å²) in [4.78, 5) is 2.07. The van der Waals surface area contributed by atoms with Gasteiger partial charge < -0.3 is 20.8 Å². The lowest BCUT2D eigenvalue weighted by Crippen LogP contribution is -2.49. The summed E-state index contributed by atoms with van der Waals surface area (Å²) in [6.07, 6.45) is 0. The van der Waals surface area contributed by atoms with E-state index in [4.69, 9.17) is 15.9 Å². The van der Waals surface area contributed by atoms with Crippen molar-refractivity contribution in [2.75, 3.05) is 30.9 Å². The third kappa shape index (κ3) is 1.92. The molecule has 2 aliphatic heterocycles. The van der Waals surface area contributed by atoms with Crippen molar-refractivity contribution in [3.8, 4) is 0 Å². The van der Waals surface area contributed by atoms with Crippen molar-refractivity contribution in [2.45, 2.75) is 19.0 Å². The SMILES string of the molecule is CC1/C(=N/NC2COC2)C(=N)c2cccc(N)c2N1C. The Morgan fingerprint density at radius 2 is 2.20 bits per heavy atom. The topological polar surface area (TPSA) is 86.7 Å².